The first-order valence-corrected chi connectivity index (χ1v) is 7.36. The molecule has 6 heteroatoms. The van der Waals surface area contributed by atoms with Gasteiger partial charge < -0.3 is 4.74 Å². The minimum Gasteiger partial charge on any atom is -0.382 e. The Bertz CT molecular complexity index is 373. The van der Waals surface area contributed by atoms with Crippen molar-refractivity contribution in [3.05, 3.63) is 29.3 Å². The number of nitrogens with one attached hydrogen (secondary N) is 1. The first kappa shape index (κ1) is 16.3. The van der Waals surface area contributed by atoms with Gasteiger partial charge in [0.1, 0.15) is 0 Å². The molecular formula is C13H18ClNO3S. The van der Waals surface area contributed by atoms with E-state index in [1.54, 1.807) is 18.9 Å². The lowest BCUT2D eigenvalue weighted by molar-refractivity contribution is -0.134. The molecule has 1 aromatic rings. The number of methoxy groups -OCH3 is 1. The number of thioether (sulfide) groups is 1. The predicted octanol–water partition coefficient (Wildman–Crippen LogP) is 2.91. The fourth-order valence-electron chi connectivity index (χ4n) is 1.26. The van der Waals surface area contributed by atoms with Crippen LogP contribution in [-0.2, 0) is 14.4 Å². The molecule has 19 heavy (non-hydrogen) atoms. The van der Waals surface area contributed by atoms with Crippen LogP contribution >= 0.6 is 23.4 Å². The van der Waals surface area contributed by atoms with Gasteiger partial charge in [-0.2, -0.15) is 0 Å². The van der Waals surface area contributed by atoms with Crippen molar-refractivity contribution in [1.29, 1.82) is 0 Å². The van der Waals surface area contributed by atoms with Crippen LogP contribution in [0.2, 0.25) is 5.02 Å². The van der Waals surface area contributed by atoms with E-state index >= 15 is 0 Å². The lowest BCUT2D eigenvalue weighted by Crippen LogP contribution is -2.25. The van der Waals surface area contributed by atoms with Gasteiger partial charge in [0.15, 0.2) is 0 Å². The third kappa shape index (κ3) is 8.10. The third-order valence-corrected chi connectivity index (χ3v) is 3.56. The van der Waals surface area contributed by atoms with Gasteiger partial charge >= 0.3 is 0 Å². The Labute approximate surface area is 122 Å². The highest BCUT2D eigenvalue weighted by Gasteiger charge is 2.01. The van der Waals surface area contributed by atoms with Crippen molar-refractivity contribution in [3.63, 3.8) is 0 Å². The zero-order chi connectivity index (χ0) is 13.9. The van der Waals surface area contributed by atoms with Gasteiger partial charge in [0, 0.05) is 23.4 Å². The van der Waals surface area contributed by atoms with Crippen molar-refractivity contribution in [3.8, 4) is 0 Å². The topological polar surface area (TPSA) is 47.6 Å². The summed E-state index contributed by atoms with van der Waals surface area (Å²) in [5.74, 6) is 0.778. The number of ether oxygens (including phenoxy) is 1. The molecule has 0 heterocycles. The normalized spacial score (nSPS) is 10.4. The van der Waals surface area contributed by atoms with Gasteiger partial charge in [-0.05, 0) is 36.4 Å². The maximum atomic E-state index is 11.4. The van der Waals surface area contributed by atoms with E-state index in [0.717, 1.165) is 22.1 Å². The van der Waals surface area contributed by atoms with Crippen LogP contribution in [0.25, 0.3) is 0 Å². The van der Waals surface area contributed by atoms with E-state index in [9.17, 15) is 4.79 Å². The van der Waals surface area contributed by atoms with Crippen LogP contribution in [-0.4, -0.2) is 32.0 Å². The van der Waals surface area contributed by atoms with Crippen molar-refractivity contribution < 1.29 is 14.4 Å². The summed E-state index contributed by atoms with van der Waals surface area (Å²) in [4.78, 5) is 17.4. The quantitative estimate of drug-likeness (QED) is 0.433. The number of hydrogen-bond acceptors (Lipinski definition) is 4. The van der Waals surface area contributed by atoms with Crippen molar-refractivity contribution in [2.24, 2.45) is 0 Å². The number of hydroxylamine groups is 1. The molecule has 1 amide bonds. The molecule has 0 radical (unpaired) electrons. The van der Waals surface area contributed by atoms with Crippen LogP contribution in [0.5, 0.6) is 0 Å². The Balaban J connectivity index is 2.03. The van der Waals surface area contributed by atoms with E-state index in [1.165, 1.54) is 0 Å². The second-order valence-electron chi connectivity index (χ2n) is 3.77. The lowest BCUT2D eigenvalue weighted by Gasteiger charge is -2.05. The molecule has 0 atom stereocenters. The van der Waals surface area contributed by atoms with Gasteiger partial charge in [0.2, 0.25) is 5.91 Å². The molecule has 0 aliphatic rings. The van der Waals surface area contributed by atoms with Crippen LogP contribution in [0.4, 0.5) is 0 Å². The average Bonchev–Trinajstić information content (AvgIpc) is 2.42. The maximum absolute atomic E-state index is 11.4. The van der Waals surface area contributed by atoms with Crippen molar-refractivity contribution >= 4 is 29.3 Å². The van der Waals surface area contributed by atoms with Crippen LogP contribution in [0.1, 0.15) is 12.8 Å². The molecule has 106 valence electrons. The number of amides is 1. The summed E-state index contributed by atoms with van der Waals surface area (Å²) < 4.78 is 4.79. The minimum atomic E-state index is -0.104. The molecule has 0 aliphatic carbocycles. The van der Waals surface area contributed by atoms with E-state index in [4.69, 9.17) is 21.2 Å². The molecule has 0 unspecified atom stereocenters. The Kier molecular flexibility index (Phi) is 8.66. The standard InChI is InChI=1S/C13H18ClNO3S/c1-17-8-9-18-15-13(16)3-2-10-19-12-6-4-11(14)5-7-12/h4-7H,2-3,8-10H2,1H3,(H,15,16). The molecule has 0 aliphatic heterocycles. The number of hydrogen-bond donors (Lipinski definition) is 1. The van der Waals surface area contributed by atoms with Gasteiger partial charge in [-0.1, -0.05) is 11.6 Å². The highest BCUT2D eigenvalue weighted by molar-refractivity contribution is 7.99. The van der Waals surface area contributed by atoms with Crippen molar-refractivity contribution in [2.75, 3.05) is 26.1 Å². The number of carbonyl (C=O) groups excluding carboxylic acids is 1. The molecule has 0 spiro atoms. The lowest BCUT2D eigenvalue weighted by atomic mass is 10.3. The summed E-state index contributed by atoms with van der Waals surface area (Å²) in [6.45, 7) is 0.828. The first-order chi connectivity index (χ1) is 9.22. The van der Waals surface area contributed by atoms with Gasteiger partial charge in [-0.15, -0.1) is 11.8 Å². The molecule has 1 aromatic carbocycles. The molecule has 0 fully saturated rings. The van der Waals surface area contributed by atoms with Crippen LogP contribution < -0.4 is 5.48 Å². The van der Waals surface area contributed by atoms with Crippen LogP contribution in [0.3, 0.4) is 0 Å². The Morgan fingerprint density at radius 2 is 2.05 bits per heavy atom. The van der Waals surface area contributed by atoms with Gasteiger partial charge in [-0.3, -0.25) is 9.63 Å². The van der Waals surface area contributed by atoms with E-state index in [-0.39, 0.29) is 5.91 Å². The summed E-state index contributed by atoms with van der Waals surface area (Å²) in [6, 6.07) is 7.67. The van der Waals surface area contributed by atoms with Gasteiger partial charge in [-0.25, -0.2) is 5.48 Å². The summed E-state index contributed by atoms with van der Waals surface area (Å²) in [5, 5.41) is 0.733. The van der Waals surface area contributed by atoms with Gasteiger partial charge in [0.25, 0.3) is 0 Å². The summed E-state index contributed by atoms with van der Waals surface area (Å²) in [6.07, 6.45) is 1.25. The Morgan fingerprint density at radius 3 is 2.74 bits per heavy atom. The first-order valence-electron chi connectivity index (χ1n) is 6.00. The second-order valence-corrected chi connectivity index (χ2v) is 5.38. The highest BCUT2D eigenvalue weighted by atomic mass is 35.5. The Hall–Kier alpha value is -0.750. The SMILES string of the molecule is COCCONC(=O)CCCSc1ccc(Cl)cc1. The summed E-state index contributed by atoms with van der Waals surface area (Å²) in [5.41, 5.74) is 2.38. The van der Waals surface area contributed by atoms with E-state index in [2.05, 4.69) is 5.48 Å². The van der Waals surface area contributed by atoms with Crippen LogP contribution in [0.15, 0.2) is 29.2 Å². The minimum absolute atomic E-state index is 0.104. The van der Waals surface area contributed by atoms with Crippen LogP contribution in [0, 0.1) is 0 Å². The monoisotopic (exact) mass is 303 g/mol. The predicted molar refractivity (Wildman–Crippen MR) is 77.4 cm³/mol. The molecule has 0 saturated carbocycles. The maximum Gasteiger partial charge on any atom is 0.243 e. The van der Waals surface area contributed by atoms with Crippen molar-refractivity contribution in [2.45, 2.75) is 17.7 Å². The molecule has 0 saturated heterocycles. The molecule has 0 aromatic heterocycles. The fourth-order valence-corrected chi connectivity index (χ4v) is 2.24. The van der Waals surface area contributed by atoms with E-state index in [1.807, 2.05) is 24.3 Å². The van der Waals surface area contributed by atoms with Gasteiger partial charge in [0.05, 0.1) is 13.2 Å². The number of carbonyl (C=O) groups is 1. The average molecular weight is 304 g/mol. The second kappa shape index (κ2) is 10.1. The fraction of sp³-hybridized carbons (Fsp3) is 0.462. The molecule has 4 nitrogen and oxygen atoms in total. The van der Waals surface area contributed by atoms with E-state index < -0.39 is 0 Å². The number of rotatable bonds is 9. The zero-order valence-electron chi connectivity index (χ0n) is 10.9. The number of halogens is 1. The summed E-state index contributed by atoms with van der Waals surface area (Å²) in [7, 11) is 1.58. The largest absolute Gasteiger partial charge is 0.382 e. The zero-order valence-corrected chi connectivity index (χ0v) is 12.4. The Morgan fingerprint density at radius 1 is 1.32 bits per heavy atom. The smallest absolute Gasteiger partial charge is 0.243 e. The van der Waals surface area contributed by atoms with Crippen molar-refractivity contribution in [1.82, 2.24) is 5.48 Å². The van der Waals surface area contributed by atoms with E-state index in [0.29, 0.717) is 19.6 Å². The molecule has 1 rings (SSSR count). The molecule has 1 N–H and O–H groups in total. The highest BCUT2D eigenvalue weighted by Crippen LogP contribution is 2.21. The third-order valence-electron chi connectivity index (χ3n) is 2.21. The molecule has 0 bridgehead atoms. The number of benzene rings is 1. The summed E-state index contributed by atoms with van der Waals surface area (Å²) >= 11 is 7.50. The molecular weight excluding hydrogens is 286 g/mol.